The molecule has 0 aliphatic carbocycles. The molecule has 0 bridgehead atoms. The van der Waals surface area contributed by atoms with Gasteiger partial charge in [0.15, 0.2) is 11.9 Å². The topological polar surface area (TPSA) is 60.3 Å². The zero-order valence-corrected chi connectivity index (χ0v) is 16.0. The van der Waals surface area contributed by atoms with Crippen molar-refractivity contribution in [3.8, 4) is 0 Å². The van der Waals surface area contributed by atoms with Crippen LogP contribution in [0.25, 0.3) is 11.0 Å². The Balaban J connectivity index is 1.81. The molecule has 0 saturated heterocycles. The van der Waals surface area contributed by atoms with Crippen LogP contribution < -0.4 is 4.90 Å². The molecule has 0 spiro atoms. The Labute approximate surface area is 161 Å². The Kier molecular flexibility index (Phi) is 5.87. The number of halogens is 2. The number of ether oxygens (including phenoxy) is 1. The molecule has 0 amide bonds. The number of nitrogens with zero attached hydrogens (tertiary/aromatic N) is 4. The fourth-order valence-corrected chi connectivity index (χ4v) is 3.08. The molecule has 3 rings (SSSR count). The molecule has 6 nitrogen and oxygen atoms in total. The molecule has 28 heavy (non-hydrogen) atoms. The third-order valence-corrected chi connectivity index (χ3v) is 4.54. The van der Waals surface area contributed by atoms with E-state index in [0.717, 1.165) is 23.5 Å². The predicted octanol–water partition coefficient (Wildman–Crippen LogP) is 4.59. The smallest absolute Gasteiger partial charge is 0.340 e. The number of carbonyl (C=O) groups excluding carboxylic acids is 1. The molecule has 1 atom stereocenters. The highest BCUT2D eigenvalue weighted by molar-refractivity contribution is 5.89. The SMILES string of the molecule is CCN(CC)c1ccc(C(=O)OC(C)c2nc3ccccc3n2C(F)F)cn1. The lowest BCUT2D eigenvalue weighted by Gasteiger charge is -2.19. The average molecular weight is 388 g/mol. The van der Waals surface area contributed by atoms with Crippen LogP contribution >= 0.6 is 0 Å². The van der Waals surface area contributed by atoms with E-state index in [4.69, 9.17) is 4.74 Å². The highest BCUT2D eigenvalue weighted by atomic mass is 19.3. The highest BCUT2D eigenvalue weighted by Crippen LogP contribution is 2.28. The molecule has 0 N–H and O–H groups in total. The van der Waals surface area contributed by atoms with Gasteiger partial charge in [-0.15, -0.1) is 0 Å². The van der Waals surface area contributed by atoms with Crippen molar-refractivity contribution in [3.05, 3.63) is 54.0 Å². The fraction of sp³-hybridized carbons (Fsp3) is 0.350. The van der Waals surface area contributed by atoms with E-state index in [1.165, 1.54) is 13.1 Å². The first kappa shape index (κ1) is 19.7. The number of anilines is 1. The molecule has 1 unspecified atom stereocenters. The fourth-order valence-electron chi connectivity index (χ4n) is 3.08. The maximum absolute atomic E-state index is 13.6. The first-order chi connectivity index (χ1) is 13.5. The zero-order chi connectivity index (χ0) is 20.3. The van der Waals surface area contributed by atoms with Crippen molar-refractivity contribution >= 4 is 22.8 Å². The molecular formula is C20H22F2N4O2. The minimum absolute atomic E-state index is 0.00253. The van der Waals surface area contributed by atoms with Crippen molar-refractivity contribution < 1.29 is 18.3 Å². The van der Waals surface area contributed by atoms with Gasteiger partial charge in [0, 0.05) is 19.3 Å². The van der Waals surface area contributed by atoms with Gasteiger partial charge in [0.1, 0.15) is 5.82 Å². The molecular weight excluding hydrogens is 366 g/mol. The summed E-state index contributed by atoms with van der Waals surface area (Å²) in [5, 5.41) is 0. The number of esters is 1. The number of imidazole rings is 1. The summed E-state index contributed by atoms with van der Waals surface area (Å²) >= 11 is 0. The van der Waals surface area contributed by atoms with Gasteiger partial charge >= 0.3 is 12.5 Å². The number of para-hydroxylation sites is 2. The molecule has 8 heteroatoms. The summed E-state index contributed by atoms with van der Waals surface area (Å²) in [4.78, 5) is 23.0. The Morgan fingerprint density at radius 3 is 2.50 bits per heavy atom. The molecule has 1 aromatic carbocycles. The van der Waals surface area contributed by atoms with Crippen LogP contribution in [0, 0.1) is 0 Å². The van der Waals surface area contributed by atoms with Gasteiger partial charge in [0.25, 0.3) is 0 Å². The largest absolute Gasteiger partial charge is 0.451 e. The minimum atomic E-state index is -2.79. The lowest BCUT2D eigenvalue weighted by Crippen LogP contribution is -2.23. The third kappa shape index (κ3) is 3.81. The summed E-state index contributed by atoms with van der Waals surface area (Å²) in [7, 11) is 0. The van der Waals surface area contributed by atoms with Crippen molar-refractivity contribution in [1.82, 2.24) is 14.5 Å². The Morgan fingerprint density at radius 2 is 1.89 bits per heavy atom. The number of hydrogen-bond donors (Lipinski definition) is 0. The van der Waals surface area contributed by atoms with Crippen LogP contribution in [0.5, 0.6) is 0 Å². The van der Waals surface area contributed by atoms with Crippen molar-refractivity contribution in [3.63, 3.8) is 0 Å². The second-order valence-corrected chi connectivity index (χ2v) is 6.23. The first-order valence-corrected chi connectivity index (χ1v) is 9.13. The van der Waals surface area contributed by atoms with E-state index in [-0.39, 0.29) is 11.4 Å². The normalized spacial score (nSPS) is 12.4. The van der Waals surface area contributed by atoms with Crippen LogP contribution in [0.2, 0.25) is 0 Å². The number of rotatable bonds is 7. The quantitative estimate of drug-likeness (QED) is 0.554. The van der Waals surface area contributed by atoms with Crippen LogP contribution in [-0.4, -0.2) is 33.6 Å². The van der Waals surface area contributed by atoms with Crippen LogP contribution in [-0.2, 0) is 4.74 Å². The van der Waals surface area contributed by atoms with Gasteiger partial charge in [-0.05, 0) is 45.0 Å². The van der Waals surface area contributed by atoms with E-state index < -0.39 is 18.6 Å². The number of benzene rings is 1. The number of pyridine rings is 1. The monoisotopic (exact) mass is 388 g/mol. The number of alkyl halides is 2. The molecule has 2 heterocycles. The Bertz CT molecular complexity index is 952. The van der Waals surface area contributed by atoms with Crippen LogP contribution in [0.1, 0.15) is 49.6 Å². The molecule has 0 saturated carbocycles. The summed E-state index contributed by atoms with van der Waals surface area (Å²) < 4.78 is 33.3. The molecule has 0 aliphatic heterocycles. The number of aromatic nitrogens is 3. The van der Waals surface area contributed by atoms with Gasteiger partial charge in [-0.2, -0.15) is 8.78 Å². The second kappa shape index (κ2) is 8.33. The van der Waals surface area contributed by atoms with Gasteiger partial charge in [-0.1, -0.05) is 12.1 Å². The summed E-state index contributed by atoms with van der Waals surface area (Å²) in [6.45, 7) is 4.37. The number of fused-ring (bicyclic) bond motifs is 1. The van der Waals surface area contributed by atoms with Gasteiger partial charge in [-0.3, -0.25) is 4.57 Å². The molecule has 0 fully saturated rings. The van der Waals surface area contributed by atoms with E-state index in [1.54, 1.807) is 36.4 Å². The zero-order valence-electron chi connectivity index (χ0n) is 16.0. The molecule has 2 aromatic heterocycles. The highest BCUT2D eigenvalue weighted by Gasteiger charge is 2.24. The summed E-state index contributed by atoms with van der Waals surface area (Å²) in [5.74, 6) is 0.116. The van der Waals surface area contributed by atoms with Gasteiger partial charge in [-0.25, -0.2) is 14.8 Å². The summed E-state index contributed by atoms with van der Waals surface area (Å²) in [6, 6.07) is 9.93. The average Bonchev–Trinajstić information content (AvgIpc) is 3.09. The van der Waals surface area contributed by atoms with Gasteiger partial charge < -0.3 is 9.64 Å². The minimum Gasteiger partial charge on any atom is -0.451 e. The van der Waals surface area contributed by atoms with E-state index in [0.29, 0.717) is 11.0 Å². The molecule has 148 valence electrons. The van der Waals surface area contributed by atoms with Crippen molar-refractivity contribution in [2.45, 2.75) is 33.4 Å². The maximum atomic E-state index is 13.6. The predicted molar refractivity (Wildman–Crippen MR) is 103 cm³/mol. The standard InChI is InChI=1S/C20H22F2N4O2/c1-4-25(5-2)17-11-10-14(12-23-17)19(27)28-13(3)18-24-15-8-6-7-9-16(15)26(18)20(21)22/h6-13,20H,4-5H2,1-3H3. The van der Waals surface area contributed by atoms with Crippen LogP contribution in [0.3, 0.4) is 0 Å². The second-order valence-electron chi connectivity index (χ2n) is 6.23. The van der Waals surface area contributed by atoms with Crippen molar-refractivity contribution in [1.29, 1.82) is 0 Å². The number of carbonyl (C=O) groups is 1. The number of hydrogen-bond acceptors (Lipinski definition) is 5. The third-order valence-electron chi connectivity index (χ3n) is 4.54. The Morgan fingerprint density at radius 1 is 1.18 bits per heavy atom. The van der Waals surface area contributed by atoms with E-state index in [2.05, 4.69) is 9.97 Å². The molecule has 0 radical (unpaired) electrons. The van der Waals surface area contributed by atoms with Gasteiger partial charge in [0.2, 0.25) is 0 Å². The van der Waals surface area contributed by atoms with Crippen molar-refractivity contribution in [2.75, 3.05) is 18.0 Å². The van der Waals surface area contributed by atoms with E-state index in [1.807, 2.05) is 18.7 Å². The van der Waals surface area contributed by atoms with Crippen LogP contribution in [0.4, 0.5) is 14.6 Å². The summed E-state index contributed by atoms with van der Waals surface area (Å²) in [6.07, 6.45) is 0.482. The lowest BCUT2D eigenvalue weighted by atomic mass is 10.2. The van der Waals surface area contributed by atoms with E-state index in [9.17, 15) is 13.6 Å². The first-order valence-electron chi connectivity index (χ1n) is 9.13. The summed E-state index contributed by atoms with van der Waals surface area (Å²) in [5.41, 5.74) is 0.967. The van der Waals surface area contributed by atoms with Gasteiger partial charge in [0.05, 0.1) is 16.6 Å². The lowest BCUT2D eigenvalue weighted by molar-refractivity contribution is 0.0233. The van der Waals surface area contributed by atoms with Crippen LogP contribution in [0.15, 0.2) is 42.6 Å². The Hall–Kier alpha value is -3.03. The molecule has 3 aromatic rings. The van der Waals surface area contributed by atoms with E-state index >= 15 is 0 Å². The molecule has 0 aliphatic rings. The maximum Gasteiger partial charge on any atom is 0.340 e. The van der Waals surface area contributed by atoms with Crippen molar-refractivity contribution in [2.24, 2.45) is 0 Å².